The lowest BCUT2D eigenvalue weighted by Crippen LogP contribution is -2.53. The molecular formula is C30H37N3O5S. The number of rotatable bonds is 13. The number of carbonyl (C=O) groups is 2. The molecule has 0 aromatic heterocycles. The van der Waals surface area contributed by atoms with Crippen LogP contribution in [0, 0.1) is 0 Å². The first-order valence-electron chi connectivity index (χ1n) is 13.1. The summed E-state index contributed by atoms with van der Waals surface area (Å²) in [4.78, 5) is 28.9. The molecule has 0 heterocycles. The molecule has 9 heteroatoms. The van der Waals surface area contributed by atoms with Crippen molar-refractivity contribution in [3.05, 3.63) is 90.5 Å². The largest absolute Gasteiger partial charge is 0.497 e. The van der Waals surface area contributed by atoms with E-state index >= 15 is 0 Å². The molecule has 208 valence electrons. The molecule has 0 fully saturated rings. The highest BCUT2D eigenvalue weighted by molar-refractivity contribution is 7.92. The molecule has 0 aliphatic carbocycles. The first-order valence-corrected chi connectivity index (χ1v) is 14.5. The summed E-state index contributed by atoms with van der Waals surface area (Å²) in [7, 11) is -2.52. The summed E-state index contributed by atoms with van der Waals surface area (Å²) < 4.78 is 33.9. The summed E-state index contributed by atoms with van der Waals surface area (Å²) in [5.74, 6) is -0.151. The fourth-order valence-electron chi connectivity index (χ4n) is 4.17. The van der Waals surface area contributed by atoms with E-state index in [4.69, 9.17) is 4.74 Å². The third-order valence-corrected chi connectivity index (χ3v) is 8.32. The van der Waals surface area contributed by atoms with Gasteiger partial charge in [0.05, 0.1) is 17.7 Å². The molecule has 0 saturated heterocycles. The lowest BCUT2D eigenvalue weighted by atomic mass is 10.1. The minimum atomic E-state index is -4.08. The van der Waals surface area contributed by atoms with E-state index in [1.165, 1.54) is 17.0 Å². The van der Waals surface area contributed by atoms with Gasteiger partial charge in [-0.3, -0.25) is 13.9 Å². The average Bonchev–Trinajstić information content (AvgIpc) is 2.96. The maximum atomic E-state index is 14.0. The van der Waals surface area contributed by atoms with Crippen LogP contribution in [-0.4, -0.2) is 50.9 Å². The standard InChI is InChI=1S/C30H37N3O5S/c1-5-23(3)31-30(35)28(6-2)32(21-24-14-13-17-26(20-24)38-4)29(34)22-33(25-15-9-7-10-16-25)39(36,37)27-18-11-8-12-19-27/h7-20,23,28H,5-6,21-22H2,1-4H3,(H,31,35)/t23-,28-/m1/s1. The van der Waals surface area contributed by atoms with Crippen molar-refractivity contribution in [1.82, 2.24) is 10.2 Å². The van der Waals surface area contributed by atoms with Crippen LogP contribution < -0.4 is 14.4 Å². The van der Waals surface area contributed by atoms with Crippen molar-refractivity contribution in [1.29, 1.82) is 0 Å². The average molecular weight is 552 g/mol. The number of methoxy groups -OCH3 is 1. The number of anilines is 1. The molecular weight excluding hydrogens is 514 g/mol. The molecule has 3 aromatic carbocycles. The highest BCUT2D eigenvalue weighted by atomic mass is 32.2. The lowest BCUT2D eigenvalue weighted by molar-refractivity contribution is -0.140. The van der Waals surface area contributed by atoms with E-state index in [1.807, 2.05) is 32.9 Å². The smallest absolute Gasteiger partial charge is 0.264 e. The van der Waals surface area contributed by atoms with Crippen LogP contribution in [0.2, 0.25) is 0 Å². The Kier molecular flexibility index (Phi) is 10.5. The Morgan fingerprint density at radius 1 is 0.897 bits per heavy atom. The van der Waals surface area contributed by atoms with Gasteiger partial charge in [0, 0.05) is 12.6 Å². The summed E-state index contributed by atoms with van der Waals surface area (Å²) >= 11 is 0. The zero-order chi connectivity index (χ0) is 28.4. The minimum Gasteiger partial charge on any atom is -0.497 e. The Morgan fingerprint density at radius 3 is 2.13 bits per heavy atom. The molecule has 0 aliphatic heterocycles. The molecule has 1 N–H and O–H groups in total. The van der Waals surface area contributed by atoms with E-state index in [1.54, 1.807) is 67.8 Å². The first kappa shape index (κ1) is 29.7. The van der Waals surface area contributed by atoms with Gasteiger partial charge in [-0.25, -0.2) is 8.42 Å². The van der Waals surface area contributed by atoms with Gasteiger partial charge in [0.15, 0.2) is 0 Å². The fraction of sp³-hybridized carbons (Fsp3) is 0.333. The number of nitrogens with one attached hydrogen (secondary N) is 1. The minimum absolute atomic E-state index is 0.0698. The molecule has 0 bridgehead atoms. The monoisotopic (exact) mass is 551 g/mol. The molecule has 0 unspecified atom stereocenters. The number of ether oxygens (including phenoxy) is 1. The first-order chi connectivity index (χ1) is 18.7. The van der Waals surface area contributed by atoms with Gasteiger partial charge in [-0.15, -0.1) is 0 Å². The number of hydrogen-bond acceptors (Lipinski definition) is 5. The summed E-state index contributed by atoms with van der Waals surface area (Å²) in [6.07, 6.45) is 1.10. The van der Waals surface area contributed by atoms with Crippen LogP contribution in [-0.2, 0) is 26.2 Å². The number of hydrogen-bond donors (Lipinski definition) is 1. The van der Waals surface area contributed by atoms with E-state index in [0.717, 1.165) is 16.3 Å². The molecule has 39 heavy (non-hydrogen) atoms. The molecule has 8 nitrogen and oxygen atoms in total. The van der Waals surface area contributed by atoms with Gasteiger partial charge in [0.25, 0.3) is 10.0 Å². The third-order valence-electron chi connectivity index (χ3n) is 6.53. The van der Waals surface area contributed by atoms with Crippen LogP contribution >= 0.6 is 0 Å². The summed E-state index contributed by atoms with van der Waals surface area (Å²) in [6, 6.07) is 22.9. The van der Waals surface area contributed by atoms with Gasteiger partial charge < -0.3 is 15.0 Å². The Morgan fingerprint density at radius 2 is 1.54 bits per heavy atom. The van der Waals surface area contributed by atoms with Crippen LogP contribution in [0.25, 0.3) is 0 Å². The number of carbonyl (C=O) groups excluding carboxylic acids is 2. The van der Waals surface area contributed by atoms with Crippen LogP contribution in [0.15, 0.2) is 89.8 Å². The quantitative estimate of drug-likeness (QED) is 0.335. The molecule has 0 spiro atoms. The topological polar surface area (TPSA) is 96.0 Å². The maximum absolute atomic E-state index is 14.0. The van der Waals surface area contributed by atoms with E-state index in [-0.39, 0.29) is 23.4 Å². The number of amides is 2. The lowest BCUT2D eigenvalue weighted by Gasteiger charge is -2.33. The molecule has 0 saturated carbocycles. The number of benzene rings is 3. The van der Waals surface area contributed by atoms with Crippen molar-refractivity contribution in [3.63, 3.8) is 0 Å². The van der Waals surface area contributed by atoms with Gasteiger partial charge in [0.2, 0.25) is 11.8 Å². The van der Waals surface area contributed by atoms with Gasteiger partial charge in [0.1, 0.15) is 18.3 Å². The van der Waals surface area contributed by atoms with E-state index in [0.29, 0.717) is 17.9 Å². The highest BCUT2D eigenvalue weighted by Crippen LogP contribution is 2.25. The van der Waals surface area contributed by atoms with Crippen LogP contribution in [0.5, 0.6) is 5.75 Å². The van der Waals surface area contributed by atoms with Crippen LogP contribution in [0.3, 0.4) is 0 Å². The summed E-state index contributed by atoms with van der Waals surface area (Å²) in [5.41, 5.74) is 1.11. The SMILES string of the molecule is CC[C@@H](C)NC(=O)[C@@H](CC)N(Cc1cccc(OC)c1)C(=O)CN(c1ccccc1)S(=O)(=O)c1ccccc1. The van der Waals surface area contributed by atoms with Crippen molar-refractivity contribution in [2.75, 3.05) is 18.0 Å². The van der Waals surface area contributed by atoms with Gasteiger partial charge in [-0.2, -0.15) is 0 Å². The number of sulfonamides is 1. The van der Waals surface area contributed by atoms with Gasteiger partial charge in [-0.05, 0) is 61.7 Å². The van der Waals surface area contributed by atoms with E-state index in [9.17, 15) is 18.0 Å². The second-order valence-electron chi connectivity index (χ2n) is 9.28. The predicted molar refractivity (Wildman–Crippen MR) is 153 cm³/mol. The molecule has 3 aromatic rings. The molecule has 0 radical (unpaired) electrons. The molecule has 3 rings (SSSR count). The predicted octanol–water partition coefficient (Wildman–Crippen LogP) is 4.61. The maximum Gasteiger partial charge on any atom is 0.264 e. The number of para-hydroxylation sites is 1. The summed E-state index contributed by atoms with van der Waals surface area (Å²) in [5, 5.41) is 2.98. The van der Waals surface area contributed by atoms with Gasteiger partial charge >= 0.3 is 0 Å². The van der Waals surface area contributed by atoms with Crippen molar-refractivity contribution in [2.45, 2.75) is 57.1 Å². The van der Waals surface area contributed by atoms with Crippen LogP contribution in [0.1, 0.15) is 39.2 Å². The molecule has 2 atom stereocenters. The van der Waals surface area contributed by atoms with Crippen molar-refractivity contribution >= 4 is 27.5 Å². The fourth-order valence-corrected chi connectivity index (χ4v) is 5.61. The van der Waals surface area contributed by atoms with Crippen molar-refractivity contribution < 1.29 is 22.7 Å². The Bertz CT molecular complexity index is 1330. The van der Waals surface area contributed by atoms with Crippen molar-refractivity contribution in [2.24, 2.45) is 0 Å². The van der Waals surface area contributed by atoms with E-state index in [2.05, 4.69) is 5.32 Å². The second-order valence-corrected chi connectivity index (χ2v) is 11.1. The third kappa shape index (κ3) is 7.60. The zero-order valence-electron chi connectivity index (χ0n) is 22.9. The Labute approximate surface area is 231 Å². The number of nitrogens with zero attached hydrogens (tertiary/aromatic N) is 2. The van der Waals surface area contributed by atoms with Crippen molar-refractivity contribution in [3.8, 4) is 5.75 Å². The normalized spacial score (nSPS) is 12.7. The van der Waals surface area contributed by atoms with Crippen LogP contribution in [0.4, 0.5) is 5.69 Å². The highest BCUT2D eigenvalue weighted by Gasteiger charge is 2.33. The summed E-state index contributed by atoms with van der Waals surface area (Å²) in [6.45, 7) is 5.34. The van der Waals surface area contributed by atoms with E-state index < -0.39 is 28.5 Å². The molecule has 2 amide bonds. The second kappa shape index (κ2) is 13.8. The Balaban J connectivity index is 2.03. The Hall–Kier alpha value is -3.85. The molecule has 0 aliphatic rings. The van der Waals surface area contributed by atoms with Gasteiger partial charge in [-0.1, -0.05) is 62.4 Å². The zero-order valence-corrected chi connectivity index (χ0v) is 23.7.